The van der Waals surface area contributed by atoms with Crippen LogP contribution in [0.5, 0.6) is 0 Å². The Hall–Kier alpha value is -1.54. The van der Waals surface area contributed by atoms with Gasteiger partial charge in [-0.25, -0.2) is 0 Å². The predicted molar refractivity (Wildman–Crippen MR) is 70.2 cm³/mol. The number of rotatable bonds is 2. The van der Waals surface area contributed by atoms with Crippen molar-refractivity contribution in [3.8, 4) is 0 Å². The number of carbonyl (C=O) groups excluding carboxylic acids is 1. The highest BCUT2D eigenvalue weighted by Gasteiger charge is 2.31. The molecule has 84 valence electrons. The van der Waals surface area contributed by atoms with Gasteiger partial charge in [-0.3, -0.25) is 4.79 Å². The molecule has 1 aliphatic rings. The minimum atomic E-state index is 0.0265. The molecule has 0 fully saturated rings. The summed E-state index contributed by atoms with van der Waals surface area (Å²) in [6.07, 6.45) is 0.809. The molecule has 1 atom stereocenters. The Morgan fingerprint density at radius 2 is 1.65 bits per heavy atom. The molecule has 1 heterocycles. The fraction of sp³-hybridized carbons (Fsp3) is 0.133. The lowest BCUT2D eigenvalue weighted by Gasteiger charge is -2.09. The first-order valence-corrected chi connectivity index (χ1v) is 6.51. The number of hydrogen-bond donors (Lipinski definition) is 0. The molecule has 3 rings (SSSR count). The van der Waals surface area contributed by atoms with Crippen LogP contribution >= 0.6 is 11.8 Å². The first kappa shape index (κ1) is 10.6. The molecule has 0 aromatic heterocycles. The van der Waals surface area contributed by atoms with E-state index in [0.29, 0.717) is 0 Å². The molecule has 1 aliphatic heterocycles. The van der Waals surface area contributed by atoms with Crippen molar-refractivity contribution in [1.82, 2.24) is 0 Å². The van der Waals surface area contributed by atoms with E-state index in [4.69, 9.17) is 0 Å². The predicted octanol–water partition coefficient (Wildman–Crippen LogP) is 3.65. The highest BCUT2D eigenvalue weighted by atomic mass is 32.2. The molecule has 17 heavy (non-hydrogen) atoms. The SMILES string of the molecule is O=C1Sc2ccccc2C1Cc1ccccc1. The zero-order chi connectivity index (χ0) is 11.7. The van der Waals surface area contributed by atoms with Crippen LogP contribution < -0.4 is 0 Å². The van der Waals surface area contributed by atoms with Crippen molar-refractivity contribution < 1.29 is 4.79 Å². The van der Waals surface area contributed by atoms with Crippen LogP contribution in [-0.2, 0) is 11.2 Å². The van der Waals surface area contributed by atoms with Crippen LogP contribution in [0.1, 0.15) is 17.0 Å². The standard InChI is InChI=1S/C15H12OS/c16-15-13(10-11-6-2-1-3-7-11)12-8-4-5-9-14(12)17-15/h1-9,13H,10H2. The van der Waals surface area contributed by atoms with Crippen LogP contribution in [0.4, 0.5) is 0 Å². The second kappa shape index (κ2) is 4.38. The molecule has 2 aromatic rings. The Morgan fingerprint density at radius 1 is 0.941 bits per heavy atom. The average molecular weight is 240 g/mol. The average Bonchev–Trinajstić information content (AvgIpc) is 2.68. The van der Waals surface area contributed by atoms with Gasteiger partial charge >= 0.3 is 0 Å². The quantitative estimate of drug-likeness (QED) is 0.797. The van der Waals surface area contributed by atoms with Crippen molar-refractivity contribution in [2.45, 2.75) is 17.2 Å². The monoisotopic (exact) mass is 240 g/mol. The van der Waals surface area contributed by atoms with Crippen molar-refractivity contribution in [3.63, 3.8) is 0 Å². The molecule has 2 heteroatoms. The maximum atomic E-state index is 12.0. The summed E-state index contributed by atoms with van der Waals surface area (Å²) in [5, 5.41) is 0.273. The van der Waals surface area contributed by atoms with Gasteiger partial charge in [0.25, 0.3) is 0 Å². The maximum absolute atomic E-state index is 12.0. The minimum absolute atomic E-state index is 0.0265. The number of fused-ring (bicyclic) bond motifs is 1. The third-order valence-corrected chi connectivity index (χ3v) is 4.15. The topological polar surface area (TPSA) is 17.1 Å². The van der Waals surface area contributed by atoms with Gasteiger partial charge in [0.05, 0.1) is 5.92 Å². The normalized spacial score (nSPS) is 18.1. The molecule has 1 unspecified atom stereocenters. The van der Waals surface area contributed by atoms with Crippen molar-refractivity contribution in [3.05, 3.63) is 65.7 Å². The molecule has 0 saturated carbocycles. The summed E-state index contributed by atoms with van der Waals surface area (Å²) < 4.78 is 0. The van der Waals surface area contributed by atoms with Gasteiger partial charge in [-0.05, 0) is 23.6 Å². The van der Waals surface area contributed by atoms with Crippen LogP contribution in [0, 0.1) is 0 Å². The number of benzene rings is 2. The van der Waals surface area contributed by atoms with Gasteiger partial charge in [-0.1, -0.05) is 60.3 Å². The highest BCUT2D eigenvalue weighted by Crippen LogP contribution is 2.42. The van der Waals surface area contributed by atoms with Crippen LogP contribution in [-0.4, -0.2) is 5.12 Å². The van der Waals surface area contributed by atoms with Crippen LogP contribution in [0.15, 0.2) is 59.5 Å². The molecule has 0 N–H and O–H groups in total. The van der Waals surface area contributed by atoms with Gasteiger partial charge in [0.1, 0.15) is 0 Å². The van der Waals surface area contributed by atoms with Gasteiger partial charge in [0.2, 0.25) is 5.12 Å². The van der Waals surface area contributed by atoms with E-state index in [2.05, 4.69) is 18.2 Å². The van der Waals surface area contributed by atoms with E-state index in [0.717, 1.165) is 11.3 Å². The van der Waals surface area contributed by atoms with E-state index in [9.17, 15) is 4.79 Å². The number of carbonyl (C=O) groups is 1. The Bertz CT molecular complexity index is 548. The van der Waals surface area contributed by atoms with E-state index in [1.165, 1.54) is 22.9 Å². The fourth-order valence-electron chi connectivity index (χ4n) is 2.21. The van der Waals surface area contributed by atoms with Gasteiger partial charge < -0.3 is 0 Å². The molecule has 0 amide bonds. The summed E-state index contributed by atoms with van der Waals surface area (Å²) in [5.74, 6) is 0.0265. The summed E-state index contributed by atoms with van der Waals surface area (Å²) in [7, 11) is 0. The second-order valence-corrected chi connectivity index (χ2v) is 5.25. The van der Waals surface area contributed by atoms with Crippen LogP contribution in [0.3, 0.4) is 0 Å². The molecule has 0 radical (unpaired) electrons. The van der Waals surface area contributed by atoms with E-state index in [1.807, 2.05) is 36.4 Å². The maximum Gasteiger partial charge on any atom is 0.201 e. The van der Waals surface area contributed by atoms with Crippen molar-refractivity contribution in [2.24, 2.45) is 0 Å². The molecule has 2 aromatic carbocycles. The molecule has 0 spiro atoms. The summed E-state index contributed by atoms with van der Waals surface area (Å²) >= 11 is 1.38. The van der Waals surface area contributed by atoms with Gasteiger partial charge in [0.15, 0.2) is 0 Å². The Kier molecular flexibility index (Phi) is 2.73. The third kappa shape index (κ3) is 2.01. The van der Waals surface area contributed by atoms with E-state index < -0.39 is 0 Å². The summed E-state index contributed by atoms with van der Waals surface area (Å²) in [5.41, 5.74) is 2.41. The van der Waals surface area contributed by atoms with E-state index in [-0.39, 0.29) is 11.0 Å². The van der Waals surface area contributed by atoms with Crippen molar-refractivity contribution in [2.75, 3.05) is 0 Å². The Labute approximate surface area is 105 Å². The molecular formula is C15H12OS. The smallest absolute Gasteiger partial charge is 0.201 e. The lowest BCUT2D eigenvalue weighted by Crippen LogP contribution is -2.06. The first-order valence-electron chi connectivity index (χ1n) is 5.69. The van der Waals surface area contributed by atoms with Gasteiger partial charge in [-0.15, -0.1) is 0 Å². The number of thioether (sulfide) groups is 1. The number of hydrogen-bond acceptors (Lipinski definition) is 2. The summed E-state index contributed by atoms with van der Waals surface area (Å²) in [6.45, 7) is 0. The molecule has 0 aliphatic carbocycles. The summed E-state index contributed by atoms with van der Waals surface area (Å²) in [6, 6.07) is 18.3. The van der Waals surface area contributed by atoms with E-state index in [1.54, 1.807) is 0 Å². The zero-order valence-corrected chi connectivity index (χ0v) is 10.1. The minimum Gasteiger partial charge on any atom is -0.286 e. The summed E-state index contributed by atoms with van der Waals surface area (Å²) in [4.78, 5) is 13.1. The van der Waals surface area contributed by atoms with Gasteiger partial charge in [0, 0.05) is 4.90 Å². The Morgan fingerprint density at radius 3 is 2.47 bits per heavy atom. The molecule has 0 saturated heterocycles. The molecule has 0 bridgehead atoms. The first-order chi connectivity index (χ1) is 8.34. The highest BCUT2D eigenvalue weighted by molar-refractivity contribution is 8.14. The lowest BCUT2D eigenvalue weighted by atomic mass is 9.93. The Balaban J connectivity index is 1.92. The van der Waals surface area contributed by atoms with E-state index >= 15 is 0 Å². The van der Waals surface area contributed by atoms with Crippen LogP contribution in [0.25, 0.3) is 0 Å². The molecule has 1 nitrogen and oxygen atoms in total. The van der Waals surface area contributed by atoms with Crippen LogP contribution in [0.2, 0.25) is 0 Å². The second-order valence-electron chi connectivity index (χ2n) is 4.20. The fourth-order valence-corrected chi connectivity index (χ4v) is 3.25. The van der Waals surface area contributed by atoms with Crippen molar-refractivity contribution >= 4 is 16.9 Å². The van der Waals surface area contributed by atoms with Gasteiger partial charge in [-0.2, -0.15) is 0 Å². The van der Waals surface area contributed by atoms with Crippen molar-refractivity contribution in [1.29, 1.82) is 0 Å². The third-order valence-electron chi connectivity index (χ3n) is 3.07. The molecular weight excluding hydrogens is 228 g/mol. The largest absolute Gasteiger partial charge is 0.286 e. The zero-order valence-electron chi connectivity index (χ0n) is 9.30. The lowest BCUT2D eigenvalue weighted by molar-refractivity contribution is -0.111.